The van der Waals surface area contributed by atoms with Crippen molar-refractivity contribution in [2.45, 2.75) is 39.7 Å². The molecule has 1 nitrogen and oxygen atoms in total. The van der Waals surface area contributed by atoms with Crippen LogP contribution in [0.15, 0.2) is 12.2 Å². The van der Waals surface area contributed by atoms with Gasteiger partial charge in [0.25, 0.3) is 0 Å². The largest absolute Gasteiger partial charge is 0.300 e. The third-order valence-corrected chi connectivity index (χ3v) is 3.28. The summed E-state index contributed by atoms with van der Waals surface area (Å²) in [5.74, 6) is 0. The number of hydrogen-bond acceptors (Lipinski definition) is 1. The highest BCUT2D eigenvalue weighted by Gasteiger charge is 2.33. The predicted octanol–water partition coefficient (Wildman–Crippen LogP) is 2.68. The molecule has 0 spiro atoms. The smallest absolute Gasteiger partial charge is 0.0304 e. The van der Waals surface area contributed by atoms with Gasteiger partial charge in [0.05, 0.1) is 0 Å². The van der Waals surface area contributed by atoms with Crippen LogP contribution in [0.5, 0.6) is 0 Å². The summed E-state index contributed by atoms with van der Waals surface area (Å²) in [7, 11) is 2.20. The third-order valence-electron chi connectivity index (χ3n) is 3.28. The van der Waals surface area contributed by atoms with Gasteiger partial charge in [-0.15, -0.1) is 0 Å². The Balaban J connectivity index is 2.78. The van der Waals surface area contributed by atoms with E-state index in [0.29, 0.717) is 11.5 Å². The van der Waals surface area contributed by atoms with Gasteiger partial charge in [0.1, 0.15) is 0 Å². The molecule has 0 bridgehead atoms. The molecule has 1 heterocycles. The molecule has 1 saturated heterocycles. The molecular weight excluding hydrogens is 146 g/mol. The Kier molecular flexibility index (Phi) is 2.62. The average Bonchev–Trinajstić information content (AvgIpc) is 2.00. The molecule has 0 N–H and O–H groups in total. The molecule has 0 radical (unpaired) electrons. The fourth-order valence-electron chi connectivity index (χ4n) is 2.05. The topological polar surface area (TPSA) is 3.24 Å². The van der Waals surface area contributed by atoms with Crippen molar-refractivity contribution in [3.63, 3.8) is 0 Å². The van der Waals surface area contributed by atoms with Crippen molar-refractivity contribution in [2.75, 3.05) is 13.6 Å². The molecule has 1 aliphatic rings. The van der Waals surface area contributed by atoms with Crippen LogP contribution in [-0.4, -0.2) is 24.5 Å². The summed E-state index contributed by atoms with van der Waals surface area (Å²) < 4.78 is 0. The van der Waals surface area contributed by atoms with Crippen LogP contribution in [0.25, 0.3) is 0 Å². The summed E-state index contributed by atoms with van der Waals surface area (Å²) in [4.78, 5) is 2.42. The highest BCUT2D eigenvalue weighted by molar-refractivity contribution is 5.17. The Labute approximate surface area is 76.5 Å². The standard InChI is InChI=1S/C11H21N/c1-6-10-9(2)11(3,4)7-8-12(10)5/h10H,2,6-8H2,1,3-5H3. The van der Waals surface area contributed by atoms with Crippen molar-refractivity contribution in [2.24, 2.45) is 5.41 Å². The maximum atomic E-state index is 4.23. The number of likely N-dealkylation sites (N-methyl/N-ethyl adjacent to an activating group) is 1. The zero-order valence-electron chi connectivity index (χ0n) is 8.85. The van der Waals surface area contributed by atoms with Crippen LogP contribution in [0, 0.1) is 5.41 Å². The van der Waals surface area contributed by atoms with Crippen molar-refractivity contribution in [3.8, 4) is 0 Å². The Bertz CT molecular complexity index is 181. The molecule has 1 heteroatoms. The molecule has 1 atom stereocenters. The number of rotatable bonds is 1. The Morgan fingerprint density at radius 2 is 2.17 bits per heavy atom. The zero-order chi connectivity index (χ0) is 9.35. The van der Waals surface area contributed by atoms with E-state index < -0.39 is 0 Å². The van der Waals surface area contributed by atoms with E-state index in [-0.39, 0.29) is 0 Å². The van der Waals surface area contributed by atoms with Gasteiger partial charge in [-0.1, -0.05) is 32.9 Å². The van der Waals surface area contributed by atoms with E-state index in [1.54, 1.807) is 0 Å². The lowest BCUT2D eigenvalue weighted by Crippen LogP contribution is -2.44. The van der Waals surface area contributed by atoms with E-state index in [0.717, 1.165) is 0 Å². The van der Waals surface area contributed by atoms with Gasteiger partial charge in [-0.25, -0.2) is 0 Å². The van der Waals surface area contributed by atoms with Gasteiger partial charge < -0.3 is 0 Å². The second-order valence-electron chi connectivity index (χ2n) is 4.56. The minimum atomic E-state index is 0.354. The molecular formula is C11H21N. The molecule has 1 rings (SSSR count). The van der Waals surface area contributed by atoms with Crippen LogP contribution < -0.4 is 0 Å². The van der Waals surface area contributed by atoms with Crippen molar-refractivity contribution < 1.29 is 0 Å². The van der Waals surface area contributed by atoms with Gasteiger partial charge in [-0.2, -0.15) is 0 Å². The molecule has 0 amide bonds. The number of piperidine rings is 1. The lowest BCUT2D eigenvalue weighted by molar-refractivity contribution is 0.159. The van der Waals surface area contributed by atoms with Gasteiger partial charge >= 0.3 is 0 Å². The van der Waals surface area contributed by atoms with Gasteiger partial charge in [0, 0.05) is 6.04 Å². The van der Waals surface area contributed by atoms with Crippen LogP contribution >= 0.6 is 0 Å². The molecule has 0 aromatic carbocycles. The number of hydrogen-bond donors (Lipinski definition) is 0. The molecule has 70 valence electrons. The minimum Gasteiger partial charge on any atom is -0.300 e. The van der Waals surface area contributed by atoms with Crippen molar-refractivity contribution in [1.82, 2.24) is 4.90 Å². The molecule has 0 aromatic heterocycles. The Morgan fingerprint density at radius 1 is 1.58 bits per heavy atom. The van der Waals surface area contributed by atoms with E-state index in [4.69, 9.17) is 0 Å². The summed E-state index contributed by atoms with van der Waals surface area (Å²) in [6.07, 6.45) is 2.44. The molecule has 0 aromatic rings. The van der Waals surface area contributed by atoms with E-state index in [1.165, 1.54) is 25.0 Å². The first-order chi connectivity index (χ1) is 5.49. The normalized spacial score (nSPS) is 30.7. The van der Waals surface area contributed by atoms with Crippen LogP contribution in [0.3, 0.4) is 0 Å². The molecule has 1 fully saturated rings. The Hall–Kier alpha value is -0.300. The summed E-state index contributed by atoms with van der Waals surface area (Å²) in [6.45, 7) is 12.3. The van der Waals surface area contributed by atoms with Crippen LogP contribution in [0.4, 0.5) is 0 Å². The van der Waals surface area contributed by atoms with Crippen LogP contribution in [0.1, 0.15) is 33.6 Å². The first kappa shape index (κ1) is 9.79. The number of nitrogens with zero attached hydrogens (tertiary/aromatic N) is 1. The first-order valence-electron chi connectivity index (χ1n) is 4.88. The third kappa shape index (κ3) is 1.56. The van der Waals surface area contributed by atoms with E-state index in [9.17, 15) is 0 Å². The lowest BCUT2D eigenvalue weighted by atomic mass is 9.74. The summed E-state index contributed by atoms with van der Waals surface area (Å²) in [5.41, 5.74) is 1.77. The highest BCUT2D eigenvalue weighted by atomic mass is 15.1. The molecule has 0 aliphatic carbocycles. The monoisotopic (exact) mass is 167 g/mol. The average molecular weight is 167 g/mol. The summed E-state index contributed by atoms with van der Waals surface area (Å²) in [5, 5.41) is 0. The van der Waals surface area contributed by atoms with Crippen molar-refractivity contribution in [3.05, 3.63) is 12.2 Å². The first-order valence-corrected chi connectivity index (χ1v) is 4.88. The second kappa shape index (κ2) is 3.21. The summed E-state index contributed by atoms with van der Waals surface area (Å²) in [6, 6.07) is 0.605. The molecule has 12 heavy (non-hydrogen) atoms. The van der Waals surface area contributed by atoms with Crippen molar-refractivity contribution >= 4 is 0 Å². The quantitative estimate of drug-likeness (QED) is 0.543. The van der Waals surface area contributed by atoms with Crippen molar-refractivity contribution in [1.29, 1.82) is 0 Å². The SMILES string of the molecule is C=C1C(CC)N(C)CCC1(C)C. The number of likely N-dealkylation sites (tertiary alicyclic amines) is 1. The maximum absolute atomic E-state index is 4.23. The van der Waals surface area contributed by atoms with E-state index >= 15 is 0 Å². The highest BCUT2D eigenvalue weighted by Crippen LogP contribution is 2.38. The van der Waals surface area contributed by atoms with E-state index in [2.05, 4.69) is 39.3 Å². The van der Waals surface area contributed by atoms with Gasteiger partial charge in [-0.3, -0.25) is 4.90 Å². The fourth-order valence-corrected chi connectivity index (χ4v) is 2.05. The van der Waals surface area contributed by atoms with Gasteiger partial charge in [0.15, 0.2) is 0 Å². The van der Waals surface area contributed by atoms with Gasteiger partial charge in [-0.05, 0) is 31.8 Å². The fraction of sp³-hybridized carbons (Fsp3) is 0.818. The second-order valence-corrected chi connectivity index (χ2v) is 4.56. The summed E-state index contributed by atoms with van der Waals surface area (Å²) >= 11 is 0. The molecule has 0 saturated carbocycles. The predicted molar refractivity (Wildman–Crippen MR) is 54.2 cm³/mol. The van der Waals surface area contributed by atoms with Crippen LogP contribution in [-0.2, 0) is 0 Å². The van der Waals surface area contributed by atoms with E-state index in [1.807, 2.05) is 0 Å². The van der Waals surface area contributed by atoms with Gasteiger partial charge in [0.2, 0.25) is 0 Å². The van der Waals surface area contributed by atoms with Crippen LogP contribution in [0.2, 0.25) is 0 Å². The molecule has 1 aliphatic heterocycles. The Morgan fingerprint density at radius 3 is 2.58 bits per heavy atom. The zero-order valence-corrected chi connectivity index (χ0v) is 8.85. The maximum Gasteiger partial charge on any atom is 0.0304 e. The minimum absolute atomic E-state index is 0.354. The molecule has 1 unspecified atom stereocenters. The lowest BCUT2D eigenvalue weighted by Gasteiger charge is -2.43.